The molecule has 0 spiro atoms. The summed E-state index contributed by atoms with van der Waals surface area (Å²) < 4.78 is 57.7. The summed E-state index contributed by atoms with van der Waals surface area (Å²) in [7, 11) is -6.83. The molecule has 0 fully saturated rings. The van der Waals surface area contributed by atoms with E-state index in [0.717, 1.165) is 27.9 Å². The van der Waals surface area contributed by atoms with Gasteiger partial charge in [0.15, 0.2) is 0 Å². The minimum Gasteiger partial charge on any atom is -0.329 e. The van der Waals surface area contributed by atoms with Crippen LogP contribution in [0.3, 0.4) is 0 Å². The summed E-state index contributed by atoms with van der Waals surface area (Å²) in [5.41, 5.74) is 4.83. The largest absolute Gasteiger partial charge is 0.677 e. The molecule has 0 N–H and O–H groups in total. The van der Waals surface area contributed by atoms with Crippen molar-refractivity contribution in [1.82, 2.24) is 4.48 Å². The number of anilines is 1. The van der Waals surface area contributed by atoms with Crippen LogP contribution in [0.4, 0.5) is 20.0 Å². The van der Waals surface area contributed by atoms with Crippen molar-refractivity contribution in [3.8, 4) is 0 Å². The Labute approximate surface area is 240 Å². The molecule has 2 aromatic carbocycles. The van der Waals surface area contributed by atoms with Crippen LogP contribution in [0.2, 0.25) is 0 Å². The lowest BCUT2D eigenvalue weighted by Crippen LogP contribution is -2.32. The van der Waals surface area contributed by atoms with E-state index in [1.54, 1.807) is 44.2 Å². The maximum absolute atomic E-state index is 14.2. The van der Waals surface area contributed by atoms with E-state index in [4.69, 9.17) is 0 Å². The molecule has 1 aliphatic rings. The molecule has 0 aliphatic carbocycles. The Bertz CT molecular complexity index is 1670. The van der Waals surface area contributed by atoms with Gasteiger partial charge in [0.25, 0.3) is 15.7 Å². The minimum absolute atomic E-state index is 0.0878. The van der Waals surface area contributed by atoms with Crippen LogP contribution in [0.15, 0.2) is 81.8 Å². The summed E-state index contributed by atoms with van der Waals surface area (Å²) in [6.45, 7) is 7.19. The Morgan fingerprint density at radius 3 is 2.20 bits per heavy atom. The average molecular weight is 631 g/mol. The van der Waals surface area contributed by atoms with Gasteiger partial charge in [0.2, 0.25) is 0 Å². The van der Waals surface area contributed by atoms with E-state index in [1.807, 2.05) is 19.9 Å². The van der Waals surface area contributed by atoms with Crippen molar-refractivity contribution < 1.29 is 22.0 Å². The van der Waals surface area contributed by atoms with Crippen molar-refractivity contribution in [3.05, 3.63) is 105 Å². The van der Waals surface area contributed by atoms with Crippen LogP contribution in [0.5, 0.6) is 0 Å². The normalized spacial score (nSPS) is 14.6. The van der Waals surface area contributed by atoms with Gasteiger partial charge in [-0.15, -0.1) is 0 Å². The fraction of sp³-hybridized carbons (Fsp3) is 0.222. The highest BCUT2D eigenvalue weighted by Crippen LogP contribution is 2.38. The second kappa shape index (κ2) is 11.5. The fourth-order valence-corrected chi connectivity index (χ4v) is 6.88. The van der Waals surface area contributed by atoms with Crippen LogP contribution < -0.4 is 4.31 Å². The first-order valence-electron chi connectivity index (χ1n) is 12.3. The van der Waals surface area contributed by atoms with Gasteiger partial charge in [0.05, 0.1) is 21.2 Å². The Morgan fingerprint density at radius 1 is 1.07 bits per heavy atom. The number of halogens is 3. The molecule has 1 aromatic heterocycles. The number of nitro benzene ring substituents is 1. The number of benzene rings is 2. The molecular formula is C27H26BBrF2N4O4S. The maximum atomic E-state index is 14.2. The van der Waals surface area contributed by atoms with Gasteiger partial charge in [0, 0.05) is 46.7 Å². The number of aryl methyl sites for hydroxylation is 2. The molecule has 13 heteroatoms. The zero-order chi connectivity index (χ0) is 29.4. The van der Waals surface area contributed by atoms with Gasteiger partial charge in [-0.05, 0) is 80.8 Å². The number of non-ortho nitro benzene ring substituents is 1. The number of nitrogens with zero attached hydrogens (tertiary/aromatic N) is 4. The van der Waals surface area contributed by atoms with Gasteiger partial charge < -0.3 is 4.48 Å². The third-order valence-electron chi connectivity index (χ3n) is 6.54. The second-order valence-corrected chi connectivity index (χ2v) is 12.0. The van der Waals surface area contributed by atoms with E-state index >= 15 is 0 Å². The van der Waals surface area contributed by atoms with Crippen LogP contribution in [-0.2, 0) is 10.0 Å². The molecule has 0 unspecified atom stereocenters. The summed E-state index contributed by atoms with van der Waals surface area (Å²) >= 11 is 3.30. The van der Waals surface area contributed by atoms with Crippen molar-refractivity contribution >= 4 is 56.0 Å². The number of hydrogen-bond acceptors (Lipinski definition) is 5. The number of rotatable bonds is 9. The summed E-state index contributed by atoms with van der Waals surface area (Å²) in [6.07, 6.45) is 1.88. The Kier molecular flexibility index (Phi) is 8.45. The summed E-state index contributed by atoms with van der Waals surface area (Å²) in [5.74, 6) is 0. The summed E-state index contributed by atoms with van der Waals surface area (Å²) in [4.78, 5) is 15.0. The predicted molar refractivity (Wildman–Crippen MR) is 158 cm³/mol. The lowest BCUT2D eigenvalue weighted by Gasteiger charge is -2.24. The zero-order valence-corrected chi connectivity index (χ0v) is 24.6. The first-order valence-corrected chi connectivity index (χ1v) is 14.8. The number of nitro groups is 1. The Hall–Kier alpha value is -3.58. The highest BCUT2D eigenvalue weighted by Gasteiger charge is 2.30. The molecule has 4 rings (SSSR count). The van der Waals surface area contributed by atoms with E-state index in [0.29, 0.717) is 44.8 Å². The smallest absolute Gasteiger partial charge is 0.329 e. The van der Waals surface area contributed by atoms with Gasteiger partial charge >= 0.3 is 7.40 Å². The molecule has 0 amide bonds. The van der Waals surface area contributed by atoms with E-state index < -0.39 is 22.3 Å². The monoisotopic (exact) mass is 630 g/mol. The number of allylic oxidation sites excluding steroid dienone is 2. The van der Waals surface area contributed by atoms with Gasteiger partial charge in [-0.3, -0.25) is 28.0 Å². The third-order valence-corrected chi connectivity index (χ3v) is 8.74. The summed E-state index contributed by atoms with van der Waals surface area (Å²) in [6, 6.07) is 13.0. The molecule has 40 heavy (non-hydrogen) atoms. The number of sulfonamides is 1. The molecular weight excluding hydrogens is 605 g/mol. The summed E-state index contributed by atoms with van der Waals surface area (Å²) in [5, 5.41) is 11.3. The molecule has 208 valence electrons. The third kappa shape index (κ3) is 5.53. The molecule has 2 heterocycles. The van der Waals surface area contributed by atoms with Crippen molar-refractivity contribution in [2.45, 2.75) is 32.6 Å². The highest BCUT2D eigenvalue weighted by molar-refractivity contribution is 9.09. The van der Waals surface area contributed by atoms with Gasteiger partial charge in [-0.1, -0.05) is 28.1 Å². The zero-order valence-electron chi connectivity index (χ0n) is 22.2. The number of aliphatic imine (C=N–C) groups is 1. The van der Waals surface area contributed by atoms with Crippen molar-refractivity contribution in [3.63, 3.8) is 0 Å². The lowest BCUT2D eigenvalue weighted by atomic mass is 9.94. The maximum Gasteiger partial charge on any atom is 0.677 e. The lowest BCUT2D eigenvalue weighted by molar-refractivity contribution is -0.384. The Morgan fingerprint density at radius 2 is 1.70 bits per heavy atom. The van der Waals surface area contributed by atoms with Crippen LogP contribution in [0.25, 0.3) is 5.57 Å². The second-order valence-electron chi connectivity index (χ2n) is 9.33. The SMILES string of the molecule is CC1=CC(C)=N/C1=C(/c1ccc(N(CCBr)S(=O)(=O)c2ccc([N+](=O)[O-])cc2)cc1)c1c(C)cc(C)n1B(F)F. The van der Waals surface area contributed by atoms with E-state index in [-0.39, 0.29) is 17.1 Å². The predicted octanol–water partition coefficient (Wildman–Crippen LogP) is 6.56. The van der Waals surface area contributed by atoms with Crippen LogP contribution in [0.1, 0.15) is 36.4 Å². The standard InChI is InChI=1S/C27H26BBrF2N4O4S/c1-17-15-19(3)32-26(17)25(27-18(2)16-20(4)34(27)28(30)31)21-5-7-22(8-6-21)33(14-13-29)40(38,39)24-11-9-23(10-12-24)35(36)37/h5-12,15-16H,13-14H2,1-4H3/b26-25-. The molecule has 8 nitrogen and oxygen atoms in total. The molecule has 0 saturated heterocycles. The van der Waals surface area contributed by atoms with E-state index in [2.05, 4.69) is 20.9 Å². The van der Waals surface area contributed by atoms with Gasteiger partial charge in [-0.25, -0.2) is 8.42 Å². The minimum atomic E-state index is -4.06. The molecule has 0 radical (unpaired) electrons. The molecule has 0 saturated carbocycles. The molecule has 0 atom stereocenters. The van der Waals surface area contributed by atoms with E-state index in [9.17, 15) is 27.2 Å². The number of aromatic nitrogens is 1. The first-order chi connectivity index (χ1) is 18.9. The van der Waals surface area contributed by atoms with Crippen LogP contribution in [0, 0.1) is 24.0 Å². The molecule has 3 aromatic rings. The topological polar surface area (TPSA) is 97.8 Å². The van der Waals surface area contributed by atoms with Crippen molar-refractivity contribution in [2.24, 2.45) is 4.99 Å². The van der Waals surface area contributed by atoms with Crippen LogP contribution in [-0.4, -0.2) is 42.8 Å². The number of alkyl halides is 1. The van der Waals surface area contributed by atoms with E-state index in [1.165, 1.54) is 16.4 Å². The van der Waals surface area contributed by atoms with Crippen LogP contribution >= 0.6 is 15.9 Å². The van der Waals surface area contributed by atoms with Crippen molar-refractivity contribution in [2.75, 3.05) is 16.2 Å². The molecule has 1 aliphatic heterocycles. The first kappa shape index (κ1) is 29.4. The Balaban J connectivity index is 1.84. The average Bonchev–Trinajstić information content (AvgIpc) is 3.39. The fourth-order valence-electron chi connectivity index (χ4n) is 4.83. The molecule has 0 bridgehead atoms. The van der Waals surface area contributed by atoms with Crippen molar-refractivity contribution in [1.29, 1.82) is 0 Å². The van der Waals surface area contributed by atoms with Gasteiger partial charge in [0.1, 0.15) is 0 Å². The highest BCUT2D eigenvalue weighted by atomic mass is 79.9. The van der Waals surface area contributed by atoms with Gasteiger partial charge in [-0.2, -0.15) is 0 Å². The number of hydrogen-bond donors (Lipinski definition) is 0. The quantitative estimate of drug-likeness (QED) is 0.116.